The van der Waals surface area contributed by atoms with E-state index in [9.17, 15) is 14.4 Å². The van der Waals surface area contributed by atoms with Crippen LogP contribution in [0.4, 0.5) is 0 Å². The van der Waals surface area contributed by atoms with Crippen LogP contribution in [-0.2, 0) is 16.1 Å². The van der Waals surface area contributed by atoms with Crippen LogP contribution in [0.3, 0.4) is 0 Å². The number of benzene rings is 1. The highest BCUT2D eigenvalue weighted by molar-refractivity contribution is 6.07. The summed E-state index contributed by atoms with van der Waals surface area (Å²) in [4.78, 5) is 41.7. The van der Waals surface area contributed by atoms with E-state index in [4.69, 9.17) is 0 Å². The first-order valence-corrected chi connectivity index (χ1v) is 7.16. The van der Waals surface area contributed by atoms with Crippen LogP contribution in [0.5, 0.6) is 0 Å². The maximum absolute atomic E-state index is 12.6. The van der Waals surface area contributed by atoms with Gasteiger partial charge in [-0.2, -0.15) is 0 Å². The van der Waals surface area contributed by atoms with E-state index >= 15 is 0 Å². The van der Waals surface area contributed by atoms with E-state index in [1.807, 2.05) is 18.2 Å². The van der Waals surface area contributed by atoms with Crippen molar-refractivity contribution >= 4 is 28.6 Å². The van der Waals surface area contributed by atoms with E-state index in [0.29, 0.717) is 18.5 Å². The summed E-state index contributed by atoms with van der Waals surface area (Å²) in [6, 6.07) is 6.77. The van der Waals surface area contributed by atoms with Gasteiger partial charge < -0.3 is 4.90 Å². The van der Waals surface area contributed by atoms with Gasteiger partial charge >= 0.3 is 0 Å². The highest BCUT2D eigenvalue weighted by atomic mass is 16.2. The number of hydrogen-bond donors (Lipinski definition) is 1. The summed E-state index contributed by atoms with van der Waals surface area (Å²) >= 11 is 0. The third kappa shape index (κ3) is 1.80. The molecule has 110 valence electrons. The Labute approximate surface area is 126 Å². The van der Waals surface area contributed by atoms with E-state index in [1.165, 1.54) is 0 Å². The number of carbonyl (C=O) groups is 3. The number of nitrogens with one attached hydrogen (secondary N) is 1. The fourth-order valence-corrected chi connectivity index (χ4v) is 3.21. The first-order chi connectivity index (χ1) is 10.6. The quantitative estimate of drug-likeness (QED) is 0.796. The number of hydrogen-bond acceptors (Lipinski definition) is 4. The van der Waals surface area contributed by atoms with Crippen molar-refractivity contribution in [3.63, 3.8) is 0 Å². The van der Waals surface area contributed by atoms with Gasteiger partial charge in [0.05, 0.1) is 5.52 Å². The fraction of sp³-hybridized carbons (Fsp3) is 0.250. The second-order valence-electron chi connectivity index (χ2n) is 5.56. The van der Waals surface area contributed by atoms with Gasteiger partial charge in [0, 0.05) is 30.1 Å². The molecule has 4 rings (SSSR count). The molecule has 0 aliphatic carbocycles. The first kappa shape index (κ1) is 12.9. The summed E-state index contributed by atoms with van der Waals surface area (Å²) < 4.78 is 0. The number of piperidine rings is 1. The highest BCUT2D eigenvalue weighted by Gasteiger charge is 2.39. The standard InChI is InChI=1S/C16H13N3O3/c20-14-6-5-13(15(21)18-14)19-8-11-9-2-1-7-17-12(9)4-3-10(11)16(19)22/h1-4,7,13H,5-6,8H2,(H,18,20,21). The first-order valence-electron chi connectivity index (χ1n) is 7.16. The van der Waals surface area contributed by atoms with Gasteiger partial charge in [0.2, 0.25) is 11.8 Å². The number of amides is 3. The minimum atomic E-state index is -0.579. The molecule has 3 amide bonds. The Bertz CT molecular complexity index is 830. The summed E-state index contributed by atoms with van der Waals surface area (Å²) in [5.74, 6) is -0.824. The molecule has 0 spiro atoms. The van der Waals surface area contributed by atoms with Crippen LogP contribution in [-0.4, -0.2) is 33.6 Å². The maximum atomic E-state index is 12.6. The molecule has 0 radical (unpaired) electrons. The number of aromatic nitrogens is 1. The average molecular weight is 295 g/mol. The number of carbonyl (C=O) groups excluding carboxylic acids is 3. The van der Waals surface area contributed by atoms with Gasteiger partial charge in [0.15, 0.2) is 0 Å². The summed E-state index contributed by atoms with van der Waals surface area (Å²) in [7, 11) is 0. The fourth-order valence-electron chi connectivity index (χ4n) is 3.21. The zero-order valence-corrected chi connectivity index (χ0v) is 11.7. The Morgan fingerprint density at radius 1 is 1.18 bits per heavy atom. The van der Waals surface area contributed by atoms with E-state index < -0.39 is 6.04 Å². The number of rotatable bonds is 1. The summed E-state index contributed by atoms with van der Waals surface area (Å²) in [5.41, 5.74) is 2.35. The molecule has 1 aromatic carbocycles. The van der Waals surface area contributed by atoms with Gasteiger partial charge in [0.1, 0.15) is 6.04 Å². The van der Waals surface area contributed by atoms with Gasteiger partial charge in [-0.1, -0.05) is 6.07 Å². The number of fused-ring (bicyclic) bond motifs is 3. The van der Waals surface area contributed by atoms with Crippen LogP contribution in [0.1, 0.15) is 28.8 Å². The van der Waals surface area contributed by atoms with Crippen molar-refractivity contribution in [2.75, 3.05) is 0 Å². The molecule has 2 aliphatic rings. The van der Waals surface area contributed by atoms with E-state index in [1.54, 1.807) is 17.2 Å². The number of imide groups is 1. The molecule has 1 N–H and O–H groups in total. The molecule has 1 saturated heterocycles. The van der Waals surface area contributed by atoms with Gasteiger partial charge in [0.25, 0.3) is 5.91 Å². The summed E-state index contributed by atoms with van der Waals surface area (Å²) in [5, 5.41) is 3.24. The lowest BCUT2D eigenvalue weighted by Crippen LogP contribution is -2.52. The third-order valence-corrected chi connectivity index (χ3v) is 4.30. The average Bonchev–Trinajstić information content (AvgIpc) is 2.85. The monoisotopic (exact) mass is 295 g/mol. The Balaban J connectivity index is 1.74. The molecular weight excluding hydrogens is 282 g/mol. The molecule has 3 heterocycles. The topological polar surface area (TPSA) is 79.4 Å². The molecule has 1 fully saturated rings. The second kappa shape index (κ2) is 4.62. The number of pyridine rings is 1. The zero-order chi connectivity index (χ0) is 15.3. The molecule has 2 aromatic rings. The zero-order valence-electron chi connectivity index (χ0n) is 11.7. The van der Waals surface area contributed by atoms with Crippen molar-refractivity contribution in [1.82, 2.24) is 15.2 Å². The van der Waals surface area contributed by atoms with E-state index in [2.05, 4.69) is 10.3 Å². The Morgan fingerprint density at radius 3 is 2.86 bits per heavy atom. The largest absolute Gasteiger partial charge is 0.322 e. The molecule has 6 nitrogen and oxygen atoms in total. The maximum Gasteiger partial charge on any atom is 0.255 e. The van der Waals surface area contributed by atoms with Crippen LogP contribution < -0.4 is 5.32 Å². The lowest BCUT2D eigenvalue weighted by atomic mass is 10.0. The molecule has 1 aromatic heterocycles. The summed E-state index contributed by atoms with van der Waals surface area (Å²) in [6.45, 7) is 0.378. The van der Waals surface area contributed by atoms with Gasteiger partial charge in [-0.05, 0) is 30.2 Å². The normalized spacial score (nSPS) is 21.2. The lowest BCUT2D eigenvalue weighted by molar-refractivity contribution is -0.136. The molecule has 0 saturated carbocycles. The predicted octanol–water partition coefficient (Wildman–Crippen LogP) is 0.996. The molecule has 0 bridgehead atoms. The van der Waals surface area contributed by atoms with E-state index in [-0.39, 0.29) is 24.1 Å². The molecule has 2 aliphatic heterocycles. The summed E-state index contributed by atoms with van der Waals surface area (Å²) in [6.07, 6.45) is 2.35. The van der Waals surface area contributed by atoms with Crippen molar-refractivity contribution in [2.45, 2.75) is 25.4 Å². The van der Waals surface area contributed by atoms with Gasteiger partial charge in [-0.15, -0.1) is 0 Å². The van der Waals surface area contributed by atoms with Crippen molar-refractivity contribution in [3.05, 3.63) is 41.6 Å². The molecular formula is C16H13N3O3. The van der Waals surface area contributed by atoms with Crippen molar-refractivity contribution in [2.24, 2.45) is 0 Å². The SMILES string of the molecule is O=C1CCC(N2Cc3c(ccc4ncccc34)C2=O)C(=O)N1. The van der Waals surface area contributed by atoms with Crippen molar-refractivity contribution in [3.8, 4) is 0 Å². The Morgan fingerprint density at radius 2 is 2.05 bits per heavy atom. The lowest BCUT2D eigenvalue weighted by Gasteiger charge is -2.29. The molecule has 22 heavy (non-hydrogen) atoms. The molecule has 1 unspecified atom stereocenters. The van der Waals surface area contributed by atoms with Crippen LogP contribution in [0, 0.1) is 0 Å². The minimum absolute atomic E-state index is 0.157. The Kier molecular flexibility index (Phi) is 2.72. The van der Waals surface area contributed by atoms with Crippen molar-refractivity contribution < 1.29 is 14.4 Å². The molecule has 6 heteroatoms. The van der Waals surface area contributed by atoms with Gasteiger partial charge in [-0.3, -0.25) is 24.7 Å². The second-order valence-corrected chi connectivity index (χ2v) is 5.56. The van der Waals surface area contributed by atoms with E-state index in [0.717, 1.165) is 16.5 Å². The Hall–Kier alpha value is -2.76. The highest BCUT2D eigenvalue weighted by Crippen LogP contribution is 2.31. The third-order valence-electron chi connectivity index (χ3n) is 4.30. The smallest absolute Gasteiger partial charge is 0.255 e. The number of nitrogens with zero attached hydrogens (tertiary/aromatic N) is 2. The minimum Gasteiger partial charge on any atom is -0.322 e. The van der Waals surface area contributed by atoms with Crippen LogP contribution in [0.2, 0.25) is 0 Å². The van der Waals surface area contributed by atoms with Crippen LogP contribution in [0.15, 0.2) is 30.5 Å². The van der Waals surface area contributed by atoms with Crippen molar-refractivity contribution in [1.29, 1.82) is 0 Å². The van der Waals surface area contributed by atoms with Gasteiger partial charge in [-0.25, -0.2) is 0 Å². The molecule has 1 atom stereocenters. The predicted molar refractivity (Wildman–Crippen MR) is 77.8 cm³/mol. The van der Waals surface area contributed by atoms with Crippen LogP contribution >= 0.6 is 0 Å². The van der Waals surface area contributed by atoms with Crippen LogP contribution in [0.25, 0.3) is 10.9 Å².